The molecule has 1 N–H and O–H groups in total. The van der Waals surface area contributed by atoms with Crippen molar-refractivity contribution in [3.8, 4) is 0 Å². The van der Waals surface area contributed by atoms with E-state index in [4.69, 9.17) is 4.42 Å². The fourth-order valence-corrected chi connectivity index (χ4v) is 3.14. The van der Waals surface area contributed by atoms with Crippen LogP contribution in [0.2, 0.25) is 0 Å². The van der Waals surface area contributed by atoms with Gasteiger partial charge in [-0.2, -0.15) is 0 Å². The third-order valence-electron chi connectivity index (χ3n) is 4.82. The van der Waals surface area contributed by atoms with E-state index in [1.807, 2.05) is 6.07 Å². The Labute approximate surface area is 123 Å². The lowest BCUT2D eigenvalue weighted by molar-refractivity contribution is 0.0818. The van der Waals surface area contributed by atoms with Crippen molar-refractivity contribution in [1.82, 2.24) is 10.2 Å². The van der Waals surface area contributed by atoms with Gasteiger partial charge in [-0.3, -0.25) is 4.90 Å². The van der Waals surface area contributed by atoms with E-state index in [0.29, 0.717) is 18.0 Å². The molecule has 0 aliphatic carbocycles. The van der Waals surface area contributed by atoms with Gasteiger partial charge in [0.25, 0.3) is 0 Å². The topological polar surface area (TPSA) is 28.4 Å². The number of hydrogen-bond acceptors (Lipinski definition) is 3. The van der Waals surface area contributed by atoms with Gasteiger partial charge in [0, 0.05) is 38.1 Å². The fraction of sp³-hybridized carbons (Fsp3) is 0.765. The highest BCUT2D eigenvalue weighted by Crippen LogP contribution is 2.20. The molecule has 1 aliphatic rings. The molecular formula is C17H30N2O. The Morgan fingerprint density at radius 2 is 2.20 bits per heavy atom. The molecular weight excluding hydrogens is 248 g/mol. The summed E-state index contributed by atoms with van der Waals surface area (Å²) in [5.41, 5.74) is 0. The van der Waals surface area contributed by atoms with E-state index < -0.39 is 0 Å². The number of piperazine rings is 1. The molecule has 2 rings (SSSR count). The van der Waals surface area contributed by atoms with Gasteiger partial charge in [0.1, 0.15) is 5.76 Å². The summed E-state index contributed by atoms with van der Waals surface area (Å²) in [7, 11) is 0. The summed E-state index contributed by atoms with van der Waals surface area (Å²) in [5, 5.41) is 3.76. The maximum Gasteiger partial charge on any atom is 0.105 e. The average molecular weight is 278 g/mol. The van der Waals surface area contributed by atoms with Gasteiger partial charge in [0.15, 0.2) is 0 Å². The predicted octanol–water partition coefficient (Wildman–Crippen LogP) is 3.17. The molecule has 0 aromatic carbocycles. The van der Waals surface area contributed by atoms with Gasteiger partial charge in [-0.05, 0) is 24.0 Å². The Balaban J connectivity index is 1.95. The van der Waals surface area contributed by atoms with Gasteiger partial charge < -0.3 is 9.73 Å². The maximum absolute atomic E-state index is 5.47. The molecule has 114 valence electrons. The van der Waals surface area contributed by atoms with Crippen molar-refractivity contribution in [3.05, 3.63) is 24.2 Å². The average Bonchev–Trinajstić information content (AvgIpc) is 2.97. The molecule has 3 atom stereocenters. The number of furan rings is 1. The summed E-state index contributed by atoms with van der Waals surface area (Å²) >= 11 is 0. The number of hydrogen-bond donors (Lipinski definition) is 1. The lowest BCUT2D eigenvalue weighted by Crippen LogP contribution is -2.60. The number of nitrogens with zero attached hydrogens (tertiary/aromatic N) is 1. The zero-order valence-corrected chi connectivity index (χ0v) is 13.4. The van der Waals surface area contributed by atoms with Crippen LogP contribution in [0.3, 0.4) is 0 Å². The van der Waals surface area contributed by atoms with Gasteiger partial charge >= 0.3 is 0 Å². The molecule has 0 spiro atoms. The van der Waals surface area contributed by atoms with Gasteiger partial charge in [-0.15, -0.1) is 0 Å². The molecule has 1 aromatic rings. The van der Waals surface area contributed by atoms with E-state index in [0.717, 1.165) is 31.2 Å². The molecule has 3 nitrogen and oxygen atoms in total. The molecule has 0 radical (unpaired) electrons. The first kappa shape index (κ1) is 15.6. The van der Waals surface area contributed by atoms with Crippen LogP contribution in [0.15, 0.2) is 22.8 Å². The van der Waals surface area contributed by atoms with Crippen LogP contribution in [0, 0.1) is 11.8 Å². The van der Waals surface area contributed by atoms with Crippen LogP contribution < -0.4 is 5.32 Å². The van der Waals surface area contributed by atoms with Gasteiger partial charge in [-0.25, -0.2) is 0 Å². The van der Waals surface area contributed by atoms with E-state index in [9.17, 15) is 0 Å². The highest BCUT2D eigenvalue weighted by atomic mass is 16.3. The van der Waals surface area contributed by atoms with Crippen LogP contribution in [-0.2, 0) is 6.42 Å². The van der Waals surface area contributed by atoms with Crippen LogP contribution in [0.4, 0.5) is 0 Å². The minimum Gasteiger partial charge on any atom is -0.469 e. The van der Waals surface area contributed by atoms with Crippen LogP contribution in [0.1, 0.15) is 39.9 Å². The Morgan fingerprint density at radius 1 is 1.40 bits per heavy atom. The van der Waals surface area contributed by atoms with E-state index in [2.05, 4.69) is 44.0 Å². The summed E-state index contributed by atoms with van der Waals surface area (Å²) in [4.78, 5) is 2.67. The largest absolute Gasteiger partial charge is 0.469 e. The second kappa shape index (κ2) is 7.28. The third-order valence-corrected chi connectivity index (χ3v) is 4.82. The van der Waals surface area contributed by atoms with Crippen molar-refractivity contribution < 1.29 is 4.42 Å². The lowest BCUT2D eigenvalue weighted by atomic mass is 9.92. The second-order valence-electron chi connectivity index (χ2n) is 6.54. The Bertz CT molecular complexity index is 374. The van der Waals surface area contributed by atoms with Crippen molar-refractivity contribution in [3.63, 3.8) is 0 Å². The molecule has 0 amide bonds. The smallest absolute Gasteiger partial charge is 0.105 e. The van der Waals surface area contributed by atoms with Gasteiger partial charge in [0.05, 0.1) is 6.26 Å². The molecule has 1 aliphatic heterocycles. The number of rotatable bonds is 6. The zero-order chi connectivity index (χ0) is 14.5. The monoisotopic (exact) mass is 278 g/mol. The molecule has 3 unspecified atom stereocenters. The molecule has 3 heteroatoms. The van der Waals surface area contributed by atoms with Crippen molar-refractivity contribution in [2.75, 3.05) is 19.6 Å². The standard InChI is InChI=1S/C17H30N2O/c1-5-14(4)16-12-19(17(11-18-16)13(2)3)9-8-15-7-6-10-20-15/h6-7,10,13-14,16-18H,5,8-9,11-12H2,1-4H3. The first-order chi connectivity index (χ1) is 9.61. The van der Waals surface area contributed by atoms with Crippen LogP contribution >= 0.6 is 0 Å². The van der Waals surface area contributed by atoms with Crippen LogP contribution in [-0.4, -0.2) is 36.6 Å². The first-order valence-electron chi connectivity index (χ1n) is 8.11. The summed E-state index contributed by atoms with van der Waals surface area (Å²) in [6, 6.07) is 5.34. The normalized spacial score (nSPS) is 26.1. The number of nitrogens with one attached hydrogen (secondary N) is 1. The van der Waals surface area contributed by atoms with E-state index in [1.54, 1.807) is 6.26 Å². The molecule has 1 fully saturated rings. The first-order valence-corrected chi connectivity index (χ1v) is 8.11. The van der Waals surface area contributed by atoms with Crippen molar-refractivity contribution in [2.24, 2.45) is 11.8 Å². The van der Waals surface area contributed by atoms with E-state index in [1.165, 1.54) is 13.0 Å². The summed E-state index contributed by atoms with van der Waals surface area (Å²) < 4.78 is 5.47. The predicted molar refractivity (Wildman–Crippen MR) is 83.9 cm³/mol. The summed E-state index contributed by atoms with van der Waals surface area (Å²) in [6.45, 7) is 12.7. The highest BCUT2D eigenvalue weighted by molar-refractivity contribution is 4.99. The maximum atomic E-state index is 5.47. The van der Waals surface area contributed by atoms with Crippen LogP contribution in [0.25, 0.3) is 0 Å². The van der Waals surface area contributed by atoms with Crippen molar-refractivity contribution in [1.29, 1.82) is 0 Å². The highest BCUT2D eigenvalue weighted by Gasteiger charge is 2.31. The molecule has 1 saturated heterocycles. The van der Waals surface area contributed by atoms with E-state index >= 15 is 0 Å². The SMILES string of the molecule is CCC(C)C1CN(CCc2ccco2)C(C(C)C)CN1. The Morgan fingerprint density at radius 3 is 2.80 bits per heavy atom. The van der Waals surface area contributed by atoms with Crippen molar-refractivity contribution >= 4 is 0 Å². The van der Waals surface area contributed by atoms with Crippen LogP contribution in [0.5, 0.6) is 0 Å². The Kier molecular flexibility index (Phi) is 5.67. The molecule has 1 aromatic heterocycles. The second-order valence-corrected chi connectivity index (χ2v) is 6.54. The van der Waals surface area contributed by atoms with Gasteiger partial charge in [-0.1, -0.05) is 34.1 Å². The summed E-state index contributed by atoms with van der Waals surface area (Å²) in [5.74, 6) is 2.54. The van der Waals surface area contributed by atoms with E-state index in [-0.39, 0.29) is 0 Å². The van der Waals surface area contributed by atoms with Gasteiger partial charge in [0.2, 0.25) is 0 Å². The minimum atomic E-state index is 0.631. The third kappa shape index (κ3) is 3.86. The Hall–Kier alpha value is -0.800. The minimum absolute atomic E-state index is 0.631. The van der Waals surface area contributed by atoms with Crippen molar-refractivity contribution in [2.45, 2.75) is 52.6 Å². The quantitative estimate of drug-likeness (QED) is 0.866. The molecule has 0 bridgehead atoms. The zero-order valence-electron chi connectivity index (χ0n) is 13.4. The molecule has 2 heterocycles. The summed E-state index contributed by atoms with van der Waals surface area (Å²) in [6.07, 6.45) is 4.04. The molecule has 20 heavy (non-hydrogen) atoms. The lowest BCUT2D eigenvalue weighted by Gasteiger charge is -2.44. The fourth-order valence-electron chi connectivity index (χ4n) is 3.14. The molecule has 0 saturated carbocycles.